The molecule has 0 atom stereocenters. The minimum absolute atomic E-state index is 0.758. The van der Waals surface area contributed by atoms with Crippen LogP contribution in [0.3, 0.4) is 0 Å². The normalized spacial score (nSPS) is 15.9. The van der Waals surface area contributed by atoms with Crippen molar-refractivity contribution in [1.82, 2.24) is 0 Å². The second-order valence-electron chi connectivity index (χ2n) is 2.56. The monoisotopic (exact) mass is 245 g/mol. The van der Waals surface area contributed by atoms with Gasteiger partial charge in [-0.1, -0.05) is 45.9 Å². The Balaban J connectivity index is 2.34. The van der Waals surface area contributed by atoms with Gasteiger partial charge in [0, 0.05) is 11.8 Å². The van der Waals surface area contributed by atoms with Gasteiger partial charge in [0.1, 0.15) is 0 Å². The van der Waals surface area contributed by atoms with Crippen molar-refractivity contribution in [3.05, 3.63) is 23.1 Å². The molecule has 0 saturated carbocycles. The summed E-state index contributed by atoms with van der Waals surface area (Å²) >= 11 is 4.94. The summed E-state index contributed by atoms with van der Waals surface area (Å²) in [5.41, 5.74) is 0. The van der Waals surface area contributed by atoms with Crippen LogP contribution in [0, 0.1) is 5.41 Å². The fourth-order valence-electron chi connectivity index (χ4n) is 0.961. The van der Waals surface area contributed by atoms with Crippen molar-refractivity contribution in [2.24, 2.45) is 0 Å². The van der Waals surface area contributed by atoms with Gasteiger partial charge in [0.05, 0.1) is 5.04 Å². The number of hydrogen-bond acceptors (Lipinski definition) is 2. The first-order valence-electron chi connectivity index (χ1n) is 4.00. The number of halogens is 1. The summed E-state index contributed by atoms with van der Waals surface area (Å²) < 4.78 is 0. The molecule has 1 rings (SSSR count). The molecule has 0 unspecified atom stereocenters. The molecule has 0 heterocycles. The maximum atomic E-state index is 7.59. The molecule has 3 heteroatoms. The van der Waals surface area contributed by atoms with Crippen LogP contribution in [0.1, 0.15) is 19.3 Å². The minimum atomic E-state index is 0.758. The van der Waals surface area contributed by atoms with E-state index in [0.717, 1.165) is 29.6 Å². The predicted octanol–water partition coefficient (Wildman–Crippen LogP) is 3.72. The van der Waals surface area contributed by atoms with Crippen LogP contribution in [-0.4, -0.2) is 10.4 Å². The smallest absolute Gasteiger partial charge is 0.0694 e. The van der Waals surface area contributed by atoms with Gasteiger partial charge in [-0.2, -0.15) is 0 Å². The highest BCUT2D eigenvalue weighted by molar-refractivity contribution is 9.09. The van der Waals surface area contributed by atoms with Crippen LogP contribution in [0.15, 0.2) is 23.1 Å². The molecule has 0 aromatic heterocycles. The zero-order valence-corrected chi connectivity index (χ0v) is 9.25. The lowest BCUT2D eigenvalue weighted by molar-refractivity contribution is 1.02. The number of thioether (sulfide) groups is 1. The van der Waals surface area contributed by atoms with Gasteiger partial charge in [0.25, 0.3) is 0 Å². The van der Waals surface area contributed by atoms with Gasteiger partial charge in [-0.15, -0.1) is 0 Å². The average molecular weight is 246 g/mol. The lowest BCUT2D eigenvalue weighted by Crippen LogP contribution is -1.93. The molecule has 0 amide bonds. The fraction of sp³-hybridized carbons (Fsp3) is 0.444. The van der Waals surface area contributed by atoms with Gasteiger partial charge in [-0.05, 0) is 17.7 Å². The second kappa shape index (κ2) is 5.60. The summed E-state index contributed by atoms with van der Waals surface area (Å²) in [6.07, 6.45) is 9.42. The van der Waals surface area contributed by atoms with Crippen LogP contribution in [-0.2, 0) is 0 Å². The summed E-state index contributed by atoms with van der Waals surface area (Å²) in [5, 5.41) is 9.24. The minimum Gasteiger partial charge on any atom is -0.298 e. The summed E-state index contributed by atoms with van der Waals surface area (Å²) in [5.74, 6) is 0. The van der Waals surface area contributed by atoms with Crippen molar-refractivity contribution < 1.29 is 0 Å². The van der Waals surface area contributed by atoms with Crippen LogP contribution >= 0.6 is 27.7 Å². The topological polar surface area (TPSA) is 23.9 Å². The molecule has 0 saturated heterocycles. The Bertz CT molecular complexity index is 221. The van der Waals surface area contributed by atoms with E-state index in [1.54, 1.807) is 11.8 Å². The Hall–Kier alpha value is -0.0200. The van der Waals surface area contributed by atoms with E-state index in [9.17, 15) is 0 Å². The quantitative estimate of drug-likeness (QED) is 0.458. The third-order valence-electron chi connectivity index (χ3n) is 1.55. The molecule has 1 aliphatic carbocycles. The Labute approximate surface area is 85.9 Å². The maximum Gasteiger partial charge on any atom is 0.0694 e. The highest BCUT2D eigenvalue weighted by atomic mass is 79.9. The largest absolute Gasteiger partial charge is 0.298 e. The van der Waals surface area contributed by atoms with Crippen molar-refractivity contribution in [3.63, 3.8) is 0 Å². The van der Waals surface area contributed by atoms with E-state index >= 15 is 0 Å². The van der Waals surface area contributed by atoms with Crippen LogP contribution in [0.25, 0.3) is 0 Å². The number of alkyl halides is 1. The Morgan fingerprint density at radius 1 is 1.67 bits per heavy atom. The average Bonchev–Trinajstić information content (AvgIpc) is 2.06. The van der Waals surface area contributed by atoms with Crippen molar-refractivity contribution in [3.8, 4) is 0 Å². The van der Waals surface area contributed by atoms with E-state index in [1.807, 2.05) is 0 Å². The van der Waals surface area contributed by atoms with Gasteiger partial charge in [0.2, 0.25) is 0 Å². The van der Waals surface area contributed by atoms with Crippen LogP contribution < -0.4 is 0 Å². The lowest BCUT2D eigenvalue weighted by Gasteiger charge is -2.07. The van der Waals surface area contributed by atoms with Crippen molar-refractivity contribution in [2.75, 3.05) is 5.33 Å². The Kier molecular flexibility index (Phi) is 4.69. The zero-order chi connectivity index (χ0) is 8.81. The number of nitrogens with one attached hydrogen (secondary N) is 1. The molecule has 0 aliphatic heterocycles. The fourth-order valence-corrected chi connectivity index (χ4v) is 2.51. The highest BCUT2D eigenvalue weighted by Gasteiger charge is 2.03. The molecular formula is C9H12BrNS. The van der Waals surface area contributed by atoms with Gasteiger partial charge in [-0.3, -0.25) is 5.41 Å². The summed E-state index contributed by atoms with van der Waals surface area (Å²) in [6.45, 7) is 0. The van der Waals surface area contributed by atoms with Crippen molar-refractivity contribution in [2.45, 2.75) is 19.3 Å². The molecule has 1 nitrogen and oxygen atoms in total. The first-order chi connectivity index (χ1) is 5.83. The van der Waals surface area contributed by atoms with Crippen molar-refractivity contribution >= 4 is 32.7 Å². The standard InChI is InChI=1S/C9H12BrNS/c10-7-6-9(11)12-8-4-2-1-3-5-8/h1-2,4,11H,3,5-7H2. The van der Waals surface area contributed by atoms with E-state index in [1.165, 1.54) is 4.91 Å². The molecule has 0 spiro atoms. The van der Waals surface area contributed by atoms with Crippen LogP contribution in [0.2, 0.25) is 0 Å². The summed E-state index contributed by atoms with van der Waals surface area (Å²) in [7, 11) is 0. The molecule has 12 heavy (non-hydrogen) atoms. The van der Waals surface area contributed by atoms with Crippen LogP contribution in [0.4, 0.5) is 0 Å². The Morgan fingerprint density at radius 3 is 3.08 bits per heavy atom. The molecule has 1 N–H and O–H groups in total. The third kappa shape index (κ3) is 3.59. The van der Waals surface area contributed by atoms with Crippen molar-refractivity contribution in [1.29, 1.82) is 5.41 Å². The molecule has 0 radical (unpaired) electrons. The maximum absolute atomic E-state index is 7.59. The van der Waals surface area contributed by atoms with E-state index < -0.39 is 0 Å². The number of rotatable bonds is 3. The summed E-state index contributed by atoms with van der Waals surface area (Å²) in [6, 6.07) is 0. The third-order valence-corrected chi connectivity index (χ3v) is 3.00. The molecule has 66 valence electrons. The lowest BCUT2D eigenvalue weighted by atomic mass is 10.2. The van der Waals surface area contributed by atoms with E-state index in [4.69, 9.17) is 5.41 Å². The van der Waals surface area contributed by atoms with E-state index in [-0.39, 0.29) is 0 Å². The van der Waals surface area contributed by atoms with Crippen LogP contribution in [0.5, 0.6) is 0 Å². The molecular weight excluding hydrogens is 234 g/mol. The second-order valence-corrected chi connectivity index (χ2v) is 4.58. The molecule has 0 aromatic rings. The predicted molar refractivity (Wildman–Crippen MR) is 60.2 cm³/mol. The molecule has 0 bridgehead atoms. The number of hydrogen-bond donors (Lipinski definition) is 1. The molecule has 0 aromatic carbocycles. The van der Waals surface area contributed by atoms with Gasteiger partial charge in [-0.25, -0.2) is 0 Å². The SMILES string of the molecule is N=C(CCBr)SC1=CC=CCC1. The van der Waals surface area contributed by atoms with E-state index in [2.05, 4.69) is 34.2 Å². The number of allylic oxidation sites excluding steroid dienone is 4. The van der Waals surface area contributed by atoms with Gasteiger partial charge in [0.15, 0.2) is 0 Å². The summed E-state index contributed by atoms with van der Waals surface area (Å²) in [4.78, 5) is 1.32. The first kappa shape index (κ1) is 10.1. The zero-order valence-electron chi connectivity index (χ0n) is 6.85. The van der Waals surface area contributed by atoms with E-state index in [0.29, 0.717) is 0 Å². The molecule has 0 fully saturated rings. The van der Waals surface area contributed by atoms with Gasteiger partial charge >= 0.3 is 0 Å². The van der Waals surface area contributed by atoms with Gasteiger partial charge < -0.3 is 0 Å². The molecule has 1 aliphatic rings. The Morgan fingerprint density at radius 2 is 2.50 bits per heavy atom. The highest BCUT2D eigenvalue weighted by Crippen LogP contribution is 2.26. The first-order valence-corrected chi connectivity index (χ1v) is 5.93.